The Morgan fingerprint density at radius 3 is 2.69 bits per heavy atom. The van der Waals surface area contributed by atoms with E-state index < -0.39 is 0 Å². The van der Waals surface area contributed by atoms with E-state index >= 15 is 0 Å². The van der Waals surface area contributed by atoms with Crippen LogP contribution in [0.2, 0.25) is 0 Å². The number of rotatable bonds is 4. The van der Waals surface area contributed by atoms with Gasteiger partial charge in [0, 0.05) is 28.2 Å². The van der Waals surface area contributed by atoms with Crippen LogP contribution in [0.3, 0.4) is 0 Å². The van der Waals surface area contributed by atoms with Gasteiger partial charge in [-0.1, -0.05) is 22.9 Å². The molecule has 1 aromatic rings. The van der Waals surface area contributed by atoms with Crippen LogP contribution in [-0.4, -0.2) is 24.8 Å². The molecule has 0 radical (unpaired) electrons. The first-order chi connectivity index (χ1) is 7.61. The van der Waals surface area contributed by atoms with Gasteiger partial charge < -0.3 is 11.1 Å². The monoisotopic (exact) mass is 301 g/mol. The molecule has 0 spiro atoms. The number of halogens is 1. The van der Waals surface area contributed by atoms with Gasteiger partial charge in [-0.2, -0.15) is 0 Å². The Balaban J connectivity index is 2.39. The summed E-state index contributed by atoms with van der Waals surface area (Å²) in [4.78, 5) is 5.10. The minimum atomic E-state index is 0.446. The molecule has 0 aliphatic carbocycles. The van der Waals surface area contributed by atoms with Crippen molar-refractivity contribution in [2.24, 2.45) is 10.7 Å². The minimum Gasteiger partial charge on any atom is -0.370 e. The number of guanidine groups is 1. The van der Waals surface area contributed by atoms with Crippen molar-refractivity contribution in [2.45, 2.75) is 17.1 Å². The van der Waals surface area contributed by atoms with Gasteiger partial charge in [-0.15, -0.1) is 11.8 Å². The predicted molar refractivity (Wildman–Crippen MR) is 75.0 cm³/mol. The lowest BCUT2D eigenvalue weighted by Gasteiger charge is -2.12. The topological polar surface area (TPSA) is 50.4 Å². The number of aliphatic imine (C=N–C) groups is 1. The van der Waals surface area contributed by atoms with E-state index in [0.717, 1.165) is 11.0 Å². The molecule has 0 amide bonds. The van der Waals surface area contributed by atoms with Crippen molar-refractivity contribution in [1.82, 2.24) is 5.32 Å². The van der Waals surface area contributed by atoms with Gasteiger partial charge in [0.05, 0.1) is 0 Å². The molecular weight excluding hydrogens is 286 g/mol. The standard InChI is InChI=1S/C11H16BrN3S/c1-8(7-15-11(13)14-2)16-10-5-3-9(12)4-6-10/h3-6,8H,7H2,1-2H3,(H3,13,14,15). The lowest BCUT2D eigenvalue weighted by Crippen LogP contribution is -2.35. The highest BCUT2D eigenvalue weighted by atomic mass is 79.9. The molecule has 0 aromatic heterocycles. The quantitative estimate of drug-likeness (QED) is 0.510. The Kier molecular flexibility index (Phi) is 5.69. The maximum Gasteiger partial charge on any atom is 0.188 e. The summed E-state index contributed by atoms with van der Waals surface area (Å²) in [5.74, 6) is 0.489. The van der Waals surface area contributed by atoms with E-state index in [-0.39, 0.29) is 0 Å². The van der Waals surface area contributed by atoms with Gasteiger partial charge in [-0.05, 0) is 24.3 Å². The van der Waals surface area contributed by atoms with Gasteiger partial charge >= 0.3 is 0 Å². The fourth-order valence-electron chi connectivity index (χ4n) is 1.11. The average Bonchev–Trinajstić information content (AvgIpc) is 2.29. The van der Waals surface area contributed by atoms with Gasteiger partial charge in [-0.3, -0.25) is 4.99 Å². The summed E-state index contributed by atoms with van der Waals surface area (Å²) >= 11 is 5.23. The Morgan fingerprint density at radius 1 is 1.50 bits per heavy atom. The lowest BCUT2D eigenvalue weighted by atomic mass is 10.4. The molecule has 16 heavy (non-hydrogen) atoms. The van der Waals surface area contributed by atoms with E-state index in [1.165, 1.54) is 4.90 Å². The molecule has 0 aliphatic heterocycles. The van der Waals surface area contributed by atoms with Crippen molar-refractivity contribution in [2.75, 3.05) is 13.6 Å². The van der Waals surface area contributed by atoms with Gasteiger partial charge in [0.1, 0.15) is 0 Å². The first-order valence-electron chi connectivity index (χ1n) is 5.00. The highest BCUT2D eigenvalue weighted by Crippen LogP contribution is 2.24. The molecule has 0 saturated heterocycles. The molecule has 3 nitrogen and oxygen atoms in total. The molecule has 1 aromatic carbocycles. The van der Waals surface area contributed by atoms with Crippen molar-refractivity contribution in [3.8, 4) is 0 Å². The van der Waals surface area contributed by atoms with Crippen LogP contribution in [0.1, 0.15) is 6.92 Å². The van der Waals surface area contributed by atoms with Crippen LogP contribution in [-0.2, 0) is 0 Å². The molecule has 0 fully saturated rings. The van der Waals surface area contributed by atoms with Crippen LogP contribution >= 0.6 is 27.7 Å². The number of benzene rings is 1. The molecule has 5 heteroatoms. The minimum absolute atomic E-state index is 0.446. The van der Waals surface area contributed by atoms with Crippen LogP contribution in [0.15, 0.2) is 38.6 Å². The van der Waals surface area contributed by atoms with E-state index in [4.69, 9.17) is 5.73 Å². The Bertz CT molecular complexity index is 351. The van der Waals surface area contributed by atoms with Gasteiger partial charge in [-0.25, -0.2) is 0 Å². The second-order valence-corrected chi connectivity index (χ2v) is 5.80. The van der Waals surface area contributed by atoms with Crippen LogP contribution in [0.4, 0.5) is 0 Å². The first-order valence-corrected chi connectivity index (χ1v) is 6.67. The molecular formula is C11H16BrN3S. The molecule has 1 atom stereocenters. The summed E-state index contributed by atoms with van der Waals surface area (Å²) < 4.78 is 1.10. The van der Waals surface area contributed by atoms with Gasteiger partial charge in [0.15, 0.2) is 5.96 Å². The highest BCUT2D eigenvalue weighted by molar-refractivity contribution is 9.10. The molecule has 88 valence electrons. The number of hydrogen-bond donors (Lipinski definition) is 2. The third-order valence-electron chi connectivity index (χ3n) is 1.96. The third-order valence-corrected chi connectivity index (χ3v) is 3.60. The highest BCUT2D eigenvalue weighted by Gasteiger charge is 2.04. The normalized spacial score (nSPS) is 13.6. The summed E-state index contributed by atoms with van der Waals surface area (Å²) in [6, 6.07) is 8.29. The van der Waals surface area contributed by atoms with Crippen molar-refractivity contribution < 1.29 is 0 Å². The number of nitrogens with two attached hydrogens (primary N) is 1. The van der Waals surface area contributed by atoms with Gasteiger partial charge in [0.2, 0.25) is 0 Å². The molecule has 0 heterocycles. The second-order valence-electron chi connectivity index (χ2n) is 3.37. The molecule has 0 aliphatic rings. The molecule has 3 N–H and O–H groups in total. The lowest BCUT2D eigenvalue weighted by molar-refractivity contribution is 0.847. The zero-order chi connectivity index (χ0) is 12.0. The van der Waals surface area contributed by atoms with E-state index in [2.05, 4.69) is 45.3 Å². The largest absolute Gasteiger partial charge is 0.370 e. The predicted octanol–water partition coefficient (Wildman–Crippen LogP) is 2.46. The summed E-state index contributed by atoms with van der Waals surface area (Å²) in [5.41, 5.74) is 5.56. The van der Waals surface area contributed by atoms with E-state index in [1.807, 2.05) is 23.9 Å². The van der Waals surface area contributed by atoms with Crippen molar-refractivity contribution >= 4 is 33.7 Å². The maximum atomic E-state index is 5.56. The summed E-state index contributed by atoms with van der Waals surface area (Å²) in [5, 5.41) is 3.51. The van der Waals surface area contributed by atoms with E-state index in [0.29, 0.717) is 11.2 Å². The number of hydrogen-bond acceptors (Lipinski definition) is 2. The Hall–Kier alpha value is -0.680. The number of thioether (sulfide) groups is 1. The second kappa shape index (κ2) is 6.81. The van der Waals surface area contributed by atoms with Gasteiger partial charge in [0.25, 0.3) is 0 Å². The van der Waals surface area contributed by atoms with Crippen LogP contribution in [0.25, 0.3) is 0 Å². The maximum absolute atomic E-state index is 5.56. The summed E-state index contributed by atoms with van der Waals surface area (Å²) in [7, 11) is 1.68. The zero-order valence-corrected chi connectivity index (χ0v) is 11.8. The summed E-state index contributed by atoms with van der Waals surface area (Å²) in [6.07, 6.45) is 0. The van der Waals surface area contributed by atoms with E-state index in [9.17, 15) is 0 Å². The SMILES string of the molecule is CN=C(N)NCC(C)Sc1ccc(Br)cc1. The number of nitrogens with one attached hydrogen (secondary N) is 1. The molecule has 1 unspecified atom stereocenters. The molecule has 1 rings (SSSR count). The van der Waals surface area contributed by atoms with Crippen molar-refractivity contribution in [3.05, 3.63) is 28.7 Å². The Labute approximate surface area is 109 Å². The number of nitrogens with zero attached hydrogens (tertiary/aromatic N) is 1. The van der Waals surface area contributed by atoms with Crippen LogP contribution < -0.4 is 11.1 Å². The van der Waals surface area contributed by atoms with Crippen molar-refractivity contribution in [1.29, 1.82) is 0 Å². The fourth-order valence-corrected chi connectivity index (χ4v) is 2.30. The Morgan fingerprint density at radius 2 is 2.12 bits per heavy atom. The molecule has 0 bridgehead atoms. The first kappa shape index (κ1) is 13.4. The van der Waals surface area contributed by atoms with Crippen LogP contribution in [0.5, 0.6) is 0 Å². The van der Waals surface area contributed by atoms with Crippen LogP contribution in [0, 0.1) is 0 Å². The third kappa shape index (κ3) is 4.90. The van der Waals surface area contributed by atoms with Crippen molar-refractivity contribution in [3.63, 3.8) is 0 Å². The smallest absolute Gasteiger partial charge is 0.188 e. The van der Waals surface area contributed by atoms with E-state index in [1.54, 1.807) is 7.05 Å². The zero-order valence-electron chi connectivity index (χ0n) is 9.40. The fraction of sp³-hybridized carbons (Fsp3) is 0.364. The summed E-state index contributed by atoms with van der Waals surface area (Å²) in [6.45, 7) is 2.96. The average molecular weight is 302 g/mol. The molecule has 0 saturated carbocycles.